The molecule has 0 atom stereocenters. The van der Waals surface area contributed by atoms with Gasteiger partial charge in [-0.1, -0.05) is 20.8 Å². The molecule has 0 aliphatic rings. The third-order valence-electron chi connectivity index (χ3n) is 1.78. The molecule has 0 unspecified atom stereocenters. The number of hydrogen-bond donors (Lipinski definition) is 0. The summed E-state index contributed by atoms with van der Waals surface area (Å²) in [5.74, 6) is 0. The highest BCUT2D eigenvalue weighted by Gasteiger charge is 2.31. The Morgan fingerprint density at radius 3 is 1.00 bits per heavy atom. The van der Waals surface area contributed by atoms with Crippen molar-refractivity contribution in [2.75, 3.05) is 0 Å². The number of rotatable bonds is 0. The number of alkyl halides is 1. The Morgan fingerprint density at radius 1 is 0.875 bits per heavy atom. The monoisotopic (exact) mass is 117 g/mol. The van der Waals surface area contributed by atoms with Crippen LogP contribution >= 0.6 is 0 Å². The summed E-state index contributed by atoms with van der Waals surface area (Å²) < 4.78 is 12.9. The van der Waals surface area contributed by atoms with E-state index in [9.17, 15) is 4.39 Å². The Balaban J connectivity index is 4.02. The first kappa shape index (κ1) is 7.93. The SMILES string of the molecule is CC(C)(C)C(C)(C)[18F]. The van der Waals surface area contributed by atoms with Gasteiger partial charge in [0, 0.05) is 0 Å². The molecule has 0 nitrogen and oxygen atoms in total. The lowest BCUT2D eigenvalue weighted by Gasteiger charge is -2.30. The lowest BCUT2D eigenvalue weighted by molar-refractivity contribution is 0.0685. The van der Waals surface area contributed by atoms with Gasteiger partial charge in [0.1, 0.15) is 5.67 Å². The zero-order valence-corrected chi connectivity index (χ0v) is 6.38. The van der Waals surface area contributed by atoms with Crippen molar-refractivity contribution in [2.45, 2.75) is 40.3 Å². The molecule has 1 heteroatoms. The standard InChI is InChI=1S/C7H15F/c1-6(2,3)7(4,5)8/h1-5H3/i8-1. The zero-order valence-electron chi connectivity index (χ0n) is 6.38. The van der Waals surface area contributed by atoms with Crippen LogP contribution in [-0.4, -0.2) is 5.67 Å². The van der Waals surface area contributed by atoms with Crippen molar-refractivity contribution in [1.29, 1.82) is 0 Å². The van der Waals surface area contributed by atoms with Crippen LogP contribution in [0.25, 0.3) is 0 Å². The van der Waals surface area contributed by atoms with Crippen LogP contribution in [0.1, 0.15) is 34.6 Å². The van der Waals surface area contributed by atoms with Crippen LogP contribution < -0.4 is 0 Å². The fourth-order valence-electron chi connectivity index (χ4n) is 0. The second kappa shape index (κ2) is 1.71. The summed E-state index contributed by atoms with van der Waals surface area (Å²) >= 11 is 0. The third kappa shape index (κ3) is 1.81. The van der Waals surface area contributed by atoms with Crippen molar-refractivity contribution in [1.82, 2.24) is 0 Å². The van der Waals surface area contributed by atoms with E-state index in [1.165, 1.54) is 0 Å². The van der Waals surface area contributed by atoms with E-state index in [0.717, 1.165) is 0 Å². The molecule has 0 N–H and O–H groups in total. The van der Waals surface area contributed by atoms with E-state index in [4.69, 9.17) is 0 Å². The molecule has 0 spiro atoms. The van der Waals surface area contributed by atoms with Gasteiger partial charge < -0.3 is 0 Å². The van der Waals surface area contributed by atoms with Crippen molar-refractivity contribution in [3.8, 4) is 0 Å². The van der Waals surface area contributed by atoms with Gasteiger partial charge >= 0.3 is 0 Å². The van der Waals surface area contributed by atoms with Gasteiger partial charge in [-0.05, 0) is 19.3 Å². The lowest BCUT2D eigenvalue weighted by atomic mass is 9.81. The van der Waals surface area contributed by atoms with Gasteiger partial charge in [0.05, 0.1) is 0 Å². The van der Waals surface area contributed by atoms with Crippen LogP contribution in [0.15, 0.2) is 0 Å². The van der Waals surface area contributed by atoms with Gasteiger partial charge in [0.2, 0.25) is 0 Å². The Kier molecular flexibility index (Phi) is 1.70. The summed E-state index contributed by atoms with van der Waals surface area (Å²) in [6.45, 7) is 8.90. The van der Waals surface area contributed by atoms with E-state index in [1.807, 2.05) is 20.8 Å². The zero-order chi connectivity index (χ0) is 7.00. The Hall–Kier alpha value is -0.0700. The fourth-order valence-corrected chi connectivity index (χ4v) is 0. The molecule has 0 aromatic rings. The molecule has 0 amide bonds. The van der Waals surface area contributed by atoms with Crippen molar-refractivity contribution in [3.63, 3.8) is 0 Å². The summed E-state index contributed by atoms with van der Waals surface area (Å²) in [7, 11) is 0. The van der Waals surface area contributed by atoms with Gasteiger partial charge in [-0.2, -0.15) is 0 Å². The van der Waals surface area contributed by atoms with Gasteiger partial charge in [-0.25, -0.2) is 4.39 Å². The van der Waals surface area contributed by atoms with Crippen LogP contribution in [0.5, 0.6) is 0 Å². The molecule has 0 saturated carbocycles. The number of hydrogen-bond acceptors (Lipinski definition) is 0. The van der Waals surface area contributed by atoms with Crippen molar-refractivity contribution >= 4 is 0 Å². The predicted molar refractivity (Wildman–Crippen MR) is 34.6 cm³/mol. The Labute approximate surface area is 51.1 Å². The summed E-state index contributed by atoms with van der Waals surface area (Å²) in [6, 6.07) is 0. The van der Waals surface area contributed by atoms with Gasteiger partial charge in [-0.3, -0.25) is 0 Å². The highest BCUT2D eigenvalue weighted by atomic mass is 18.2. The van der Waals surface area contributed by atoms with E-state index >= 15 is 0 Å². The maximum atomic E-state index is 12.9. The number of halogens is 1. The van der Waals surface area contributed by atoms with E-state index in [0.29, 0.717) is 0 Å². The smallest absolute Gasteiger partial charge is 0.110 e. The molecule has 0 radical (unpaired) electrons. The molecular weight excluding hydrogens is 102 g/mol. The van der Waals surface area contributed by atoms with E-state index < -0.39 is 5.67 Å². The molecule has 0 aliphatic carbocycles. The summed E-state index contributed by atoms with van der Waals surface area (Å²) in [6.07, 6.45) is 0. The van der Waals surface area contributed by atoms with E-state index in [1.54, 1.807) is 13.8 Å². The van der Waals surface area contributed by atoms with E-state index in [2.05, 4.69) is 0 Å². The fraction of sp³-hybridized carbons (Fsp3) is 1.00. The van der Waals surface area contributed by atoms with E-state index in [-0.39, 0.29) is 5.41 Å². The van der Waals surface area contributed by atoms with Crippen LogP contribution in [0.4, 0.5) is 4.39 Å². The molecule has 50 valence electrons. The highest BCUT2D eigenvalue weighted by molar-refractivity contribution is 4.81. The molecule has 0 bridgehead atoms. The minimum Gasteiger partial charge on any atom is -0.244 e. The van der Waals surface area contributed by atoms with Gasteiger partial charge in [-0.15, -0.1) is 0 Å². The average Bonchev–Trinajstić information content (AvgIpc) is 1.25. The maximum absolute atomic E-state index is 12.9. The minimum atomic E-state index is -1.06. The molecule has 0 heterocycles. The topological polar surface area (TPSA) is 0 Å². The van der Waals surface area contributed by atoms with Gasteiger partial charge in [0.15, 0.2) is 0 Å². The first-order valence-electron chi connectivity index (χ1n) is 2.94. The van der Waals surface area contributed by atoms with Crippen molar-refractivity contribution < 1.29 is 4.39 Å². The maximum Gasteiger partial charge on any atom is 0.110 e. The molecule has 0 saturated heterocycles. The lowest BCUT2D eigenvalue weighted by Crippen LogP contribution is -2.31. The molecule has 0 aliphatic heterocycles. The third-order valence-corrected chi connectivity index (χ3v) is 1.78. The molecule has 0 aromatic heterocycles. The van der Waals surface area contributed by atoms with Crippen LogP contribution in [0, 0.1) is 5.41 Å². The molecular formula is C7H15F. The largest absolute Gasteiger partial charge is 0.244 e. The Morgan fingerprint density at radius 2 is 1.00 bits per heavy atom. The highest BCUT2D eigenvalue weighted by Crippen LogP contribution is 2.32. The second-order valence-electron chi connectivity index (χ2n) is 3.72. The summed E-state index contributed by atoms with van der Waals surface area (Å²) in [5.41, 5.74) is -1.29. The average molecular weight is 117 g/mol. The first-order valence-corrected chi connectivity index (χ1v) is 2.94. The van der Waals surface area contributed by atoms with Crippen LogP contribution in [0.2, 0.25) is 0 Å². The molecule has 0 aromatic carbocycles. The first-order chi connectivity index (χ1) is 3.25. The normalized spacial score (nSPS) is 14.2. The summed E-state index contributed by atoms with van der Waals surface area (Å²) in [4.78, 5) is 0. The van der Waals surface area contributed by atoms with Crippen molar-refractivity contribution in [3.05, 3.63) is 0 Å². The van der Waals surface area contributed by atoms with Crippen LogP contribution in [-0.2, 0) is 0 Å². The predicted octanol–water partition coefficient (Wildman–Crippen LogP) is 2.78. The quantitative estimate of drug-likeness (QED) is 0.457. The minimum absolute atomic E-state index is 0.229. The Bertz CT molecular complexity index is 59.4. The van der Waals surface area contributed by atoms with Crippen LogP contribution in [0.3, 0.4) is 0 Å². The molecule has 8 heavy (non-hydrogen) atoms. The molecule has 0 fully saturated rings. The van der Waals surface area contributed by atoms with Gasteiger partial charge in [0.25, 0.3) is 0 Å². The molecule has 0 rings (SSSR count). The summed E-state index contributed by atoms with van der Waals surface area (Å²) in [5, 5.41) is 0. The second-order valence-corrected chi connectivity index (χ2v) is 3.72. The van der Waals surface area contributed by atoms with Crippen molar-refractivity contribution in [2.24, 2.45) is 5.41 Å².